The fourth-order valence-electron chi connectivity index (χ4n) is 17.3. The molecule has 0 atom stereocenters. The summed E-state index contributed by atoms with van der Waals surface area (Å²) in [7, 11) is 0. The minimum absolute atomic E-state index is 0.118. The van der Waals surface area contributed by atoms with E-state index < -0.39 is 0 Å². The Morgan fingerprint density at radius 2 is 1.26 bits per heavy atom. The zero-order valence-corrected chi connectivity index (χ0v) is 42.6. The van der Waals surface area contributed by atoms with Gasteiger partial charge in [-0.15, -0.1) is 0 Å². The number of ketones is 2. The molecule has 11 aliphatic rings. The number of hydrogen-bond donors (Lipinski definition) is 0. The SMILES string of the molecule is CCN(c1cc(-c2ccc(CN3CCN(CCN(CCC45CC6CC(CC(C6)C4)C5)CCC45CC6CC(CC(C6)C4)C5)CC3)cc2)cc(C(=O)CCC2=CC=C(C)CC2=O)c1C)C1CCOCC1. The molecule has 13 rings (SSSR count). The quantitative estimate of drug-likeness (QED) is 0.130. The predicted molar refractivity (Wildman–Crippen MR) is 277 cm³/mol. The number of rotatable bonds is 19. The molecule has 68 heavy (non-hydrogen) atoms. The van der Waals surface area contributed by atoms with Gasteiger partial charge in [0.25, 0.3) is 0 Å². The van der Waals surface area contributed by atoms with Crippen molar-refractivity contribution in [2.45, 2.75) is 155 Å². The minimum Gasteiger partial charge on any atom is -0.381 e. The Morgan fingerprint density at radius 3 is 1.81 bits per heavy atom. The molecule has 9 aliphatic carbocycles. The summed E-state index contributed by atoms with van der Waals surface area (Å²) in [5.74, 6) is 6.60. The van der Waals surface area contributed by atoms with Crippen LogP contribution in [-0.2, 0) is 16.1 Å². The maximum Gasteiger partial charge on any atom is 0.163 e. The molecule has 2 heterocycles. The smallest absolute Gasteiger partial charge is 0.163 e. The first kappa shape index (κ1) is 47.2. The second kappa shape index (κ2) is 20.2. The largest absolute Gasteiger partial charge is 0.381 e. The Bertz CT molecular complexity index is 2070. The van der Waals surface area contributed by atoms with Crippen molar-refractivity contribution in [3.63, 3.8) is 0 Å². The average molecular weight is 923 g/mol. The van der Waals surface area contributed by atoms with Crippen LogP contribution >= 0.6 is 0 Å². The van der Waals surface area contributed by atoms with Crippen molar-refractivity contribution in [1.29, 1.82) is 0 Å². The van der Waals surface area contributed by atoms with Crippen LogP contribution in [0.25, 0.3) is 11.1 Å². The lowest BCUT2D eigenvalue weighted by atomic mass is 9.48. The van der Waals surface area contributed by atoms with Gasteiger partial charge in [-0.2, -0.15) is 0 Å². The highest BCUT2D eigenvalue weighted by Gasteiger charge is 2.52. The van der Waals surface area contributed by atoms with Gasteiger partial charge in [-0.25, -0.2) is 0 Å². The molecular weight excluding hydrogens is 837 g/mol. The summed E-state index contributed by atoms with van der Waals surface area (Å²) in [6.07, 6.45) is 28.9. The molecule has 2 aliphatic heterocycles. The number of piperazine rings is 1. The van der Waals surface area contributed by atoms with Crippen LogP contribution in [0.15, 0.2) is 59.7 Å². The normalized spacial score (nSPS) is 32.6. The predicted octanol–water partition coefficient (Wildman–Crippen LogP) is 12.1. The van der Waals surface area contributed by atoms with Gasteiger partial charge in [0.15, 0.2) is 11.6 Å². The Morgan fingerprint density at radius 1 is 0.706 bits per heavy atom. The van der Waals surface area contributed by atoms with Gasteiger partial charge in [0.05, 0.1) is 0 Å². The van der Waals surface area contributed by atoms with Crippen molar-refractivity contribution in [3.05, 3.63) is 76.4 Å². The zero-order chi connectivity index (χ0) is 46.4. The summed E-state index contributed by atoms with van der Waals surface area (Å²) in [5, 5.41) is 0. The highest BCUT2D eigenvalue weighted by Crippen LogP contribution is 2.63. The van der Waals surface area contributed by atoms with E-state index in [-0.39, 0.29) is 11.6 Å². The number of hydrogen-bond acceptors (Lipinski definition) is 7. The summed E-state index contributed by atoms with van der Waals surface area (Å²) in [4.78, 5) is 37.9. The number of carbonyl (C=O) groups is 2. The van der Waals surface area contributed by atoms with Crippen LogP contribution in [-0.4, -0.2) is 104 Å². The van der Waals surface area contributed by atoms with E-state index in [0.717, 1.165) is 127 Å². The first-order valence-corrected chi connectivity index (χ1v) is 28.2. The molecule has 0 radical (unpaired) electrons. The van der Waals surface area contributed by atoms with E-state index in [1.807, 2.05) is 19.1 Å². The third-order valence-corrected chi connectivity index (χ3v) is 20.1. The van der Waals surface area contributed by atoms with Crippen molar-refractivity contribution in [2.24, 2.45) is 46.3 Å². The van der Waals surface area contributed by atoms with Crippen LogP contribution < -0.4 is 4.90 Å². The van der Waals surface area contributed by atoms with Gasteiger partial charge in [-0.1, -0.05) is 42.0 Å². The summed E-state index contributed by atoms with van der Waals surface area (Å²) >= 11 is 0. The van der Waals surface area contributed by atoms with E-state index in [2.05, 4.69) is 69.8 Å². The summed E-state index contributed by atoms with van der Waals surface area (Å²) in [5.41, 5.74) is 9.80. The molecule has 0 aromatic heterocycles. The average Bonchev–Trinajstić information content (AvgIpc) is 3.32. The molecule has 2 saturated heterocycles. The van der Waals surface area contributed by atoms with E-state index in [0.29, 0.717) is 36.1 Å². The third kappa shape index (κ3) is 10.4. The van der Waals surface area contributed by atoms with E-state index in [4.69, 9.17) is 4.74 Å². The molecule has 7 heteroatoms. The molecule has 7 nitrogen and oxygen atoms in total. The molecule has 0 N–H and O–H groups in total. The first-order valence-electron chi connectivity index (χ1n) is 28.2. The number of carbonyl (C=O) groups excluding carboxylic acids is 2. The molecule has 10 fully saturated rings. The standard InChI is InChI=1S/C61H86N4O3/c1-4-65(55-13-25-68-26-14-55)57-35-54(34-56(44(57)3)58(66)12-11-53-8-5-43(2)27-59(53)67)52-9-6-45(7-10-52)42-64-23-21-63(22-24-64)20-19-62(17-15-60-36-46-28-47(37-60)30-48(29-46)38-60)18-16-61-39-49-31-50(40-61)33-51(32-49)41-61/h5-10,34-35,46-51,55H,4,11-33,36-42H2,1-3H3. The number of anilines is 1. The number of benzene rings is 2. The van der Waals surface area contributed by atoms with E-state index >= 15 is 0 Å². The summed E-state index contributed by atoms with van der Waals surface area (Å²) in [6, 6.07) is 14.0. The molecule has 8 bridgehead atoms. The number of Topliss-reactive ketones (excluding diaryl/α,β-unsaturated/α-hetero) is 2. The van der Waals surface area contributed by atoms with Gasteiger partial charge < -0.3 is 14.5 Å². The van der Waals surface area contributed by atoms with Crippen LogP contribution in [0.2, 0.25) is 0 Å². The second-order valence-electron chi connectivity index (χ2n) is 25.0. The highest BCUT2D eigenvalue weighted by atomic mass is 16.5. The van der Waals surface area contributed by atoms with Crippen molar-refractivity contribution in [3.8, 4) is 11.1 Å². The molecule has 8 saturated carbocycles. The fourth-order valence-corrected chi connectivity index (χ4v) is 17.3. The zero-order valence-electron chi connectivity index (χ0n) is 42.6. The molecule has 0 spiro atoms. The van der Waals surface area contributed by atoms with Crippen LogP contribution in [0.3, 0.4) is 0 Å². The van der Waals surface area contributed by atoms with Crippen molar-refractivity contribution < 1.29 is 14.3 Å². The molecule has 2 aromatic rings. The van der Waals surface area contributed by atoms with Crippen LogP contribution in [0, 0.1) is 53.3 Å². The summed E-state index contributed by atoms with van der Waals surface area (Å²) < 4.78 is 5.76. The molecule has 2 aromatic carbocycles. The summed E-state index contributed by atoms with van der Waals surface area (Å²) in [6.45, 7) is 19.5. The first-order chi connectivity index (χ1) is 33.0. The maximum atomic E-state index is 14.1. The lowest BCUT2D eigenvalue weighted by Crippen LogP contribution is -2.50. The Labute approximate surface area is 410 Å². The topological polar surface area (TPSA) is 56.3 Å². The minimum atomic E-state index is 0.118. The van der Waals surface area contributed by atoms with Crippen molar-refractivity contribution >= 4 is 17.3 Å². The molecule has 0 amide bonds. The Hall–Kier alpha value is -3.10. The van der Waals surface area contributed by atoms with Crippen LogP contribution in [0.4, 0.5) is 5.69 Å². The van der Waals surface area contributed by atoms with Crippen LogP contribution in [0.1, 0.15) is 157 Å². The van der Waals surface area contributed by atoms with Gasteiger partial charge in [0.2, 0.25) is 0 Å². The Kier molecular flexibility index (Phi) is 14.0. The Balaban J connectivity index is 0.719. The van der Waals surface area contributed by atoms with Gasteiger partial charge in [0.1, 0.15) is 0 Å². The van der Waals surface area contributed by atoms with Crippen molar-refractivity contribution in [2.75, 3.05) is 77.0 Å². The van der Waals surface area contributed by atoms with Crippen molar-refractivity contribution in [1.82, 2.24) is 14.7 Å². The fraction of sp³-hybridized carbons (Fsp3) is 0.705. The van der Waals surface area contributed by atoms with E-state index in [9.17, 15) is 9.59 Å². The third-order valence-electron chi connectivity index (χ3n) is 20.1. The molecule has 0 unspecified atom stereocenters. The second-order valence-corrected chi connectivity index (χ2v) is 25.0. The van der Waals surface area contributed by atoms with Gasteiger partial charge in [-0.3, -0.25) is 19.4 Å². The van der Waals surface area contributed by atoms with E-state index in [1.165, 1.54) is 57.7 Å². The number of ether oxygens (including phenoxy) is 1. The molecular formula is C61H86N4O3. The number of allylic oxidation sites excluding steroid dienone is 4. The monoisotopic (exact) mass is 923 g/mol. The van der Waals surface area contributed by atoms with Gasteiger partial charge >= 0.3 is 0 Å². The van der Waals surface area contributed by atoms with Gasteiger partial charge in [0, 0.05) is 95.7 Å². The van der Waals surface area contributed by atoms with Gasteiger partial charge in [-0.05, 0) is 229 Å². The lowest BCUT2D eigenvalue weighted by molar-refractivity contribution is -0.115. The van der Waals surface area contributed by atoms with E-state index in [1.54, 1.807) is 77.0 Å². The lowest BCUT2D eigenvalue weighted by Gasteiger charge is -2.58. The number of nitrogens with zero attached hydrogens (tertiary/aromatic N) is 4. The highest BCUT2D eigenvalue weighted by molar-refractivity contribution is 6.03. The molecule has 368 valence electrons. The van der Waals surface area contributed by atoms with Crippen LogP contribution in [0.5, 0.6) is 0 Å². The maximum absolute atomic E-state index is 14.1.